The molecular formula is C20H38KNO4S. The van der Waals surface area contributed by atoms with Gasteiger partial charge < -0.3 is 10.1 Å². The number of rotatable bonds is 18. The predicted octanol–water partition coefficient (Wildman–Crippen LogP) is 1.67. The van der Waals surface area contributed by atoms with Gasteiger partial charge in [0.1, 0.15) is 0 Å². The van der Waals surface area contributed by atoms with Crippen molar-refractivity contribution in [2.24, 2.45) is 4.99 Å². The van der Waals surface area contributed by atoms with E-state index in [0.29, 0.717) is 6.42 Å². The third-order valence-corrected chi connectivity index (χ3v) is 4.99. The fourth-order valence-electron chi connectivity index (χ4n) is 2.71. The molecule has 0 rings (SSSR count). The second-order valence-corrected chi connectivity index (χ2v) is 8.47. The summed E-state index contributed by atoms with van der Waals surface area (Å²) in [5.41, 5.74) is 0. The SMILES string of the molecule is CCCCCCCC/C=C\CCCCCCCC([O-])=NCCS(=O)(=O)O.[K+]. The van der Waals surface area contributed by atoms with Crippen molar-refractivity contribution in [2.45, 2.75) is 96.8 Å². The molecule has 154 valence electrons. The van der Waals surface area contributed by atoms with Crippen molar-refractivity contribution in [3.05, 3.63) is 12.2 Å². The van der Waals surface area contributed by atoms with E-state index in [1.165, 1.54) is 57.8 Å². The van der Waals surface area contributed by atoms with Gasteiger partial charge in [0.2, 0.25) is 0 Å². The van der Waals surface area contributed by atoms with Crippen molar-refractivity contribution in [1.29, 1.82) is 0 Å². The van der Waals surface area contributed by atoms with Gasteiger partial charge in [-0.3, -0.25) is 4.55 Å². The molecule has 0 aromatic carbocycles. The first-order chi connectivity index (χ1) is 12.5. The molecule has 0 aromatic heterocycles. The molecule has 7 heteroatoms. The number of aliphatic imine (C=N–C) groups is 1. The monoisotopic (exact) mass is 427 g/mol. The van der Waals surface area contributed by atoms with Crippen molar-refractivity contribution < 1.29 is 69.5 Å². The minimum absolute atomic E-state index is 0. The summed E-state index contributed by atoms with van der Waals surface area (Å²) >= 11 is 0. The van der Waals surface area contributed by atoms with Crippen LogP contribution in [0.15, 0.2) is 17.1 Å². The summed E-state index contributed by atoms with van der Waals surface area (Å²) in [6.07, 6.45) is 20.7. The van der Waals surface area contributed by atoms with Crippen LogP contribution in [0.4, 0.5) is 0 Å². The third kappa shape index (κ3) is 26.8. The first kappa shape index (κ1) is 30.0. The van der Waals surface area contributed by atoms with Crippen molar-refractivity contribution in [1.82, 2.24) is 0 Å². The minimum atomic E-state index is -4.02. The Hall–Kier alpha value is 0.756. The Labute approximate surface area is 209 Å². The summed E-state index contributed by atoms with van der Waals surface area (Å²) < 4.78 is 29.5. The molecule has 27 heavy (non-hydrogen) atoms. The number of unbranched alkanes of at least 4 members (excludes halogenated alkanes) is 11. The van der Waals surface area contributed by atoms with E-state index in [9.17, 15) is 13.5 Å². The van der Waals surface area contributed by atoms with Crippen LogP contribution in [0.2, 0.25) is 0 Å². The molecule has 0 aromatic rings. The van der Waals surface area contributed by atoms with Gasteiger partial charge in [0.25, 0.3) is 10.1 Å². The molecule has 0 spiro atoms. The van der Waals surface area contributed by atoms with Gasteiger partial charge in [-0.25, -0.2) is 0 Å². The van der Waals surface area contributed by atoms with Crippen LogP contribution >= 0.6 is 0 Å². The summed E-state index contributed by atoms with van der Waals surface area (Å²) in [5.74, 6) is -0.753. The van der Waals surface area contributed by atoms with Crippen LogP contribution in [0.5, 0.6) is 0 Å². The Morgan fingerprint density at radius 3 is 1.89 bits per heavy atom. The molecule has 0 aliphatic heterocycles. The maximum atomic E-state index is 11.4. The molecule has 0 radical (unpaired) electrons. The normalized spacial score (nSPS) is 12.4. The number of allylic oxidation sites excluding steroid dienone is 2. The Morgan fingerprint density at radius 2 is 1.37 bits per heavy atom. The van der Waals surface area contributed by atoms with Gasteiger partial charge >= 0.3 is 51.4 Å². The van der Waals surface area contributed by atoms with Crippen molar-refractivity contribution in [3.63, 3.8) is 0 Å². The summed E-state index contributed by atoms with van der Waals surface area (Å²) in [7, 11) is -4.02. The van der Waals surface area contributed by atoms with E-state index >= 15 is 0 Å². The van der Waals surface area contributed by atoms with Crippen LogP contribution in [0.25, 0.3) is 0 Å². The van der Waals surface area contributed by atoms with Gasteiger partial charge in [0.15, 0.2) is 0 Å². The average Bonchev–Trinajstić information content (AvgIpc) is 2.57. The third-order valence-electron chi connectivity index (χ3n) is 4.29. The van der Waals surface area contributed by atoms with Gasteiger partial charge in [-0.1, -0.05) is 70.4 Å². The molecule has 0 saturated heterocycles. The zero-order chi connectivity index (χ0) is 19.5. The van der Waals surface area contributed by atoms with E-state index in [4.69, 9.17) is 4.55 Å². The second kappa shape index (κ2) is 21.5. The molecule has 0 saturated carbocycles. The zero-order valence-corrected chi connectivity index (χ0v) is 21.4. The Kier molecular flexibility index (Phi) is 23.8. The van der Waals surface area contributed by atoms with E-state index in [0.717, 1.165) is 25.7 Å². The van der Waals surface area contributed by atoms with E-state index in [-0.39, 0.29) is 63.8 Å². The van der Waals surface area contributed by atoms with Gasteiger partial charge in [0, 0.05) is 0 Å². The van der Waals surface area contributed by atoms with Gasteiger partial charge in [0.05, 0.1) is 12.3 Å². The van der Waals surface area contributed by atoms with Gasteiger partial charge in [-0.05, 0) is 44.4 Å². The minimum Gasteiger partial charge on any atom is -0.862 e. The summed E-state index contributed by atoms with van der Waals surface area (Å²) in [4.78, 5) is 3.63. The fraction of sp³-hybridized carbons (Fsp3) is 0.850. The van der Waals surface area contributed by atoms with E-state index in [2.05, 4.69) is 24.1 Å². The van der Waals surface area contributed by atoms with Crippen LogP contribution in [-0.2, 0) is 10.1 Å². The van der Waals surface area contributed by atoms with Crippen LogP contribution in [0.1, 0.15) is 96.8 Å². The van der Waals surface area contributed by atoms with E-state index < -0.39 is 15.9 Å². The second-order valence-electron chi connectivity index (χ2n) is 6.90. The maximum absolute atomic E-state index is 11.4. The van der Waals surface area contributed by atoms with Crippen molar-refractivity contribution >= 4 is 16.0 Å². The predicted molar refractivity (Wildman–Crippen MR) is 108 cm³/mol. The standard InChI is InChI=1S/C20H39NO4S.K/c1-2-3-4-5-6-7-8-9-10-11-12-13-14-15-16-17-20(22)21-18-19-26(23,24)25;/h9-10H,2-8,11-19H2,1H3,(H,21,22)(H,23,24,25);/q;+1/p-1/b10-9-;. The fourth-order valence-corrected chi connectivity index (χ4v) is 3.03. The molecule has 0 unspecified atom stereocenters. The summed E-state index contributed by atoms with van der Waals surface area (Å²) in [6, 6.07) is 0. The van der Waals surface area contributed by atoms with Gasteiger partial charge in [-0.15, -0.1) is 0 Å². The smallest absolute Gasteiger partial charge is 0.862 e. The van der Waals surface area contributed by atoms with E-state index in [1.54, 1.807) is 0 Å². The number of hydrogen-bond acceptors (Lipinski definition) is 4. The van der Waals surface area contributed by atoms with E-state index in [1.807, 2.05) is 0 Å². The zero-order valence-electron chi connectivity index (χ0n) is 17.5. The molecule has 0 amide bonds. The molecule has 0 fully saturated rings. The maximum Gasteiger partial charge on any atom is 1.00 e. The molecule has 0 atom stereocenters. The Balaban J connectivity index is 0. The molecular weight excluding hydrogens is 389 g/mol. The van der Waals surface area contributed by atoms with Gasteiger partial charge in [-0.2, -0.15) is 8.42 Å². The number of nitrogens with zero attached hydrogens (tertiary/aromatic N) is 1. The summed E-state index contributed by atoms with van der Waals surface area (Å²) in [5, 5.41) is 11.4. The van der Waals surface area contributed by atoms with Crippen LogP contribution in [0, 0.1) is 0 Å². The first-order valence-electron chi connectivity index (χ1n) is 10.3. The Morgan fingerprint density at radius 1 is 0.889 bits per heavy atom. The van der Waals surface area contributed by atoms with Crippen LogP contribution in [0.3, 0.4) is 0 Å². The van der Waals surface area contributed by atoms with Crippen molar-refractivity contribution in [2.75, 3.05) is 12.3 Å². The van der Waals surface area contributed by atoms with Crippen LogP contribution < -0.4 is 56.5 Å². The Bertz CT molecular complexity index is 478. The van der Waals surface area contributed by atoms with Crippen LogP contribution in [-0.4, -0.2) is 31.2 Å². The molecule has 5 nitrogen and oxygen atoms in total. The topological polar surface area (TPSA) is 89.8 Å². The molecule has 0 bridgehead atoms. The average molecular weight is 428 g/mol. The summed E-state index contributed by atoms with van der Waals surface area (Å²) in [6.45, 7) is 2.10. The number of hydrogen-bond donors (Lipinski definition) is 1. The molecule has 0 heterocycles. The molecule has 0 aliphatic rings. The first-order valence-corrected chi connectivity index (χ1v) is 11.9. The largest absolute Gasteiger partial charge is 1.00 e. The van der Waals surface area contributed by atoms with Crippen molar-refractivity contribution in [3.8, 4) is 0 Å². The quantitative estimate of drug-likeness (QED) is 0.0900. The molecule has 1 N–H and O–H groups in total. The molecule has 0 aliphatic carbocycles.